The van der Waals surface area contributed by atoms with Crippen LogP contribution in [0.5, 0.6) is 0 Å². The minimum absolute atomic E-state index is 0.0237. The fourth-order valence-electron chi connectivity index (χ4n) is 3.27. The van der Waals surface area contributed by atoms with Gasteiger partial charge in [-0.05, 0) is 48.4 Å². The van der Waals surface area contributed by atoms with E-state index < -0.39 is 23.5 Å². The molecule has 1 aliphatic heterocycles. The Morgan fingerprint density at radius 2 is 2.04 bits per heavy atom. The quantitative estimate of drug-likeness (QED) is 0.716. The van der Waals surface area contributed by atoms with Crippen molar-refractivity contribution in [3.05, 3.63) is 95.4 Å². The molecule has 1 N–H and O–H groups in total. The van der Waals surface area contributed by atoms with Gasteiger partial charge < -0.3 is 9.52 Å². The van der Waals surface area contributed by atoms with Gasteiger partial charge >= 0.3 is 0 Å². The number of aliphatic hydroxyl groups excluding tert-OH is 1. The van der Waals surface area contributed by atoms with Crippen LogP contribution in [0.4, 0.5) is 5.69 Å². The van der Waals surface area contributed by atoms with Crippen molar-refractivity contribution in [1.29, 1.82) is 0 Å². The predicted octanol–water partition coefficient (Wildman–Crippen LogP) is 3.77. The summed E-state index contributed by atoms with van der Waals surface area (Å²) in [6.45, 7) is 1.91. The maximum atomic E-state index is 13.0. The number of anilines is 1. The van der Waals surface area contributed by atoms with Crippen molar-refractivity contribution in [2.45, 2.75) is 13.0 Å². The smallest absolute Gasteiger partial charge is 0.294 e. The highest BCUT2D eigenvalue weighted by atomic mass is 16.3. The van der Waals surface area contributed by atoms with Gasteiger partial charge in [-0.3, -0.25) is 19.5 Å². The van der Waals surface area contributed by atoms with Crippen LogP contribution in [-0.2, 0) is 4.79 Å². The molecule has 6 nitrogen and oxygen atoms in total. The number of ketones is 1. The average molecular weight is 360 g/mol. The maximum absolute atomic E-state index is 13.0. The van der Waals surface area contributed by atoms with Crippen molar-refractivity contribution in [2.24, 2.45) is 0 Å². The van der Waals surface area contributed by atoms with Gasteiger partial charge in [0.15, 0.2) is 11.5 Å². The van der Waals surface area contributed by atoms with Crippen LogP contribution in [0.25, 0.3) is 0 Å². The van der Waals surface area contributed by atoms with Crippen LogP contribution in [0, 0.1) is 6.92 Å². The van der Waals surface area contributed by atoms with E-state index in [1.165, 1.54) is 17.2 Å². The summed E-state index contributed by atoms with van der Waals surface area (Å²) in [5.74, 6) is -1.68. The van der Waals surface area contributed by atoms with Crippen molar-refractivity contribution in [3.63, 3.8) is 0 Å². The Hall–Kier alpha value is -3.67. The number of benzene rings is 1. The Balaban J connectivity index is 1.89. The van der Waals surface area contributed by atoms with Gasteiger partial charge in [0, 0.05) is 18.1 Å². The Bertz CT molecular complexity index is 1040. The zero-order valence-electron chi connectivity index (χ0n) is 14.5. The molecular formula is C21H16N2O4. The monoisotopic (exact) mass is 360 g/mol. The first kappa shape index (κ1) is 16.8. The largest absolute Gasteiger partial charge is 0.503 e. The topological polar surface area (TPSA) is 83.6 Å². The number of carbonyl (C=O) groups excluding carboxylic acids is 2. The first-order valence-corrected chi connectivity index (χ1v) is 8.39. The molecule has 1 aromatic carbocycles. The number of pyridine rings is 1. The minimum atomic E-state index is -0.800. The molecule has 0 bridgehead atoms. The van der Waals surface area contributed by atoms with Crippen molar-refractivity contribution in [3.8, 4) is 0 Å². The van der Waals surface area contributed by atoms with Gasteiger partial charge in [0.2, 0.25) is 5.78 Å². The third-order valence-electron chi connectivity index (χ3n) is 4.48. The summed E-state index contributed by atoms with van der Waals surface area (Å²) < 4.78 is 5.20. The molecule has 1 atom stereocenters. The number of carbonyl (C=O) groups is 2. The lowest BCUT2D eigenvalue weighted by molar-refractivity contribution is -0.117. The molecule has 1 amide bonds. The van der Waals surface area contributed by atoms with E-state index in [0.717, 1.165) is 5.56 Å². The Morgan fingerprint density at radius 1 is 1.19 bits per heavy atom. The van der Waals surface area contributed by atoms with E-state index in [9.17, 15) is 14.7 Å². The van der Waals surface area contributed by atoms with Crippen molar-refractivity contribution >= 4 is 17.4 Å². The summed E-state index contributed by atoms with van der Waals surface area (Å²) in [7, 11) is 0. The first-order valence-electron chi connectivity index (χ1n) is 8.39. The van der Waals surface area contributed by atoms with Crippen LogP contribution in [0.15, 0.2) is 82.9 Å². The summed E-state index contributed by atoms with van der Waals surface area (Å²) in [6, 6.07) is 13.1. The first-order chi connectivity index (χ1) is 13.1. The molecular weight excluding hydrogens is 344 g/mol. The van der Waals surface area contributed by atoms with E-state index in [-0.39, 0.29) is 11.3 Å². The Kier molecular flexibility index (Phi) is 4.08. The van der Waals surface area contributed by atoms with Crippen LogP contribution in [0.2, 0.25) is 0 Å². The van der Waals surface area contributed by atoms with Crippen LogP contribution in [0.1, 0.15) is 27.7 Å². The highest BCUT2D eigenvalue weighted by Crippen LogP contribution is 2.41. The molecule has 134 valence electrons. The molecule has 6 heteroatoms. The minimum Gasteiger partial charge on any atom is -0.503 e. The molecule has 2 aromatic heterocycles. The van der Waals surface area contributed by atoms with E-state index in [0.29, 0.717) is 11.3 Å². The van der Waals surface area contributed by atoms with Gasteiger partial charge in [-0.25, -0.2) is 0 Å². The van der Waals surface area contributed by atoms with Crippen LogP contribution in [-0.4, -0.2) is 21.8 Å². The number of hydrogen-bond donors (Lipinski definition) is 1. The summed E-state index contributed by atoms with van der Waals surface area (Å²) in [6.07, 6.45) is 4.56. The number of furan rings is 1. The molecule has 27 heavy (non-hydrogen) atoms. The fourth-order valence-corrected chi connectivity index (χ4v) is 3.27. The summed E-state index contributed by atoms with van der Waals surface area (Å²) in [4.78, 5) is 31.4. The third-order valence-corrected chi connectivity index (χ3v) is 4.48. The molecule has 4 rings (SSSR count). The van der Waals surface area contributed by atoms with Crippen LogP contribution < -0.4 is 4.90 Å². The zero-order chi connectivity index (χ0) is 19.0. The standard InChI is InChI=1S/C21H16N2O4/c1-13-5-2-7-15(11-13)23-18(14-6-3-9-22-12-14)17(20(25)21(23)26)19(24)16-8-4-10-27-16/h2-12,18,25H,1H3. The molecule has 0 spiro atoms. The number of Topliss-reactive ketones (excluding diaryl/α,β-unsaturated/α-hetero) is 1. The lowest BCUT2D eigenvalue weighted by Gasteiger charge is -2.26. The molecule has 3 aromatic rings. The lowest BCUT2D eigenvalue weighted by Crippen LogP contribution is -2.31. The normalized spacial score (nSPS) is 16.9. The molecule has 0 saturated carbocycles. The van der Waals surface area contributed by atoms with E-state index in [1.54, 1.807) is 36.7 Å². The zero-order valence-corrected chi connectivity index (χ0v) is 14.5. The average Bonchev–Trinajstić information content (AvgIpc) is 3.30. The van der Waals surface area contributed by atoms with Gasteiger partial charge in [-0.2, -0.15) is 0 Å². The number of amides is 1. The van der Waals surface area contributed by atoms with Gasteiger partial charge in [0.1, 0.15) is 0 Å². The summed E-state index contributed by atoms with van der Waals surface area (Å²) >= 11 is 0. The molecule has 0 aliphatic carbocycles. The van der Waals surface area contributed by atoms with Crippen molar-refractivity contribution in [1.82, 2.24) is 4.98 Å². The molecule has 1 unspecified atom stereocenters. The van der Waals surface area contributed by atoms with Crippen molar-refractivity contribution < 1.29 is 19.1 Å². The van der Waals surface area contributed by atoms with Crippen LogP contribution >= 0.6 is 0 Å². The van der Waals surface area contributed by atoms with E-state index >= 15 is 0 Å². The molecule has 0 saturated heterocycles. The number of nitrogens with zero attached hydrogens (tertiary/aromatic N) is 2. The number of aromatic nitrogens is 1. The second kappa shape index (κ2) is 6.57. The second-order valence-corrected chi connectivity index (χ2v) is 6.27. The number of rotatable bonds is 4. The van der Waals surface area contributed by atoms with Gasteiger partial charge in [-0.15, -0.1) is 0 Å². The highest BCUT2D eigenvalue weighted by Gasteiger charge is 2.45. The van der Waals surface area contributed by atoms with Gasteiger partial charge in [0.05, 0.1) is 17.9 Å². The van der Waals surface area contributed by atoms with Gasteiger partial charge in [-0.1, -0.05) is 18.2 Å². The molecule has 0 fully saturated rings. The third kappa shape index (κ3) is 2.81. The van der Waals surface area contributed by atoms with Crippen molar-refractivity contribution in [2.75, 3.05) is 4.90 Å². The van der Waals surface area contributed by atoms with Gasteiger partial charge in [0.25, 0.3) is 5.91 Å². The van der Waals surface area contributed by atoms with Crippen LogP contribution in [0.3, 0.4) is 0 Å². The van der Waals surface area contributed by atoms with E-state index in [2.05, 4.69) is 4.98 Å². The molecule has 1 aliphatic rings. The summed E-state index contributed by atoms with van der Waals surface area (Å²) in [5, 5.41) is 10.6. The van der Waals surface area contributed by atoms with E-state index in [1.807, 2.05) is 25.1 Å². The SMILES string of the molecule is Cc1cccc(N2C(=O)C(O)=C(C(=O)c3ccco3)C2c2cccnc2)c1. The Labute approximate surface area is 155 Å². The Morgan fingerprint density at radius 3 is 2.70 bits per heavy atom. The number of aliphatic hydroxyl groups is 1. The molecule has 3 heterocycles. The predicted molar refractivity (Wildman–Crippen MR) is 98.3 cm³/mol. The summed E-state index contributed by atoms with van der Waals surface area (Å²) in [5.41, 5.74) is 2.13. The second-order valence-electron chi connectivity index (χ2n) is 6.27. The lowest BCUT2D eigenvalue weighted by atomic mass is 9.96. The van der Waals surface area contributed by atoms with E-state index in [4.69, 9.17) is 4.42 Å². The number of hydrogen-bond acceptors (Lipinski definition) is 5. The number of aryl methyl sites for hydroxylation is 1. The highest BCUT2D eigenvalue weighted by molar-refractivity contribution is 6.20. The maximum Gasteiger partial charge on any atom is 0.294 e. The fraction of sp³-hybridized carbons (Fsp3) is 0.0952. The molecule has 0 radical (unpaired) electrons.